The Hall–Kier alpha value is -1.13. The average molecular weight is 255 g/mol. The van der Waals surface area contributed by atoms with Crippen molar-refractivity contribution < 1.29 is 14.2 Å². The van der Waals surface area contributed by atoms with Crippen molar-refractivity contribution in [2.45, 2.75) is 39.3 Å². The Bertz CT molecular complexity index is 403. The first-order chi connectivity index (χ1) is 8.24. The molecule has 0 heterocycles. The highest BCUT2D eigenvalue weighted by Gasteiger charge is 2.26. The Morgan fingerprint density at radius 1 is 1.39 bits per heavy atom. The molecule has 4 heteroatoms. The molecule has 0 spiro atoms. The lowest BCUT2D eigenvalue weighted by Gasteiger charge is -2.27. The Morgan fingerprint density at radius 2 is 2.00 bits per heavy atom. The van der Waals surface area contributed by atoms with Gasteiger partial charge in [-0.25, -0.2) is 4.39 Å². The molecule has 3 nitrogen and oxygen atoms in total. The minimum Gasteiger partial charge on any atom is -0.488 e. The van der Waals surface area contributed by atoms with Crippen LogP contribution in [0.1, 0.15) is 39.3 Å². The number of aliphatic hydroxyl groups is 1. The Labute approximate surface area is 108 Å². The molecule has 0 fully saturated rings. The van der Waals surface area contributed by atoms with E-state index in [-0.39, 0.29) is 24.3 Å². The molecule has 0 bridgehead atoms. The molecule has 18 heavy (non-hydrogen) atoms. The summed E-state index contributed by atoms with van der Waals surface area (Å²) in [6, 6.07) is 4.43. The van der Waals surface area contributed by atoms with Crippen LogP contribution in [-0.4, -0.2) is 17.3 Å². The van der Waals surface area contributed by atoms with Crippen molar-refractivity contribution in [1.29, 1.82) is 0 Å². The summed E-state index contributed by atoms with van der Waals surface area (Å²) in [6.45, 7) is 7.29. The second kappa shape index (κ2) is 5.67. The second-order valence-electron chi connectivity index (χ2n) is 5.28. The van der Waals surface area contributed by atoms with E-state index in [1.54, 1.807) is 26.0 Å². The van der Waals surface area contributed by atoms with Crippen molar-refractivity contribution in [3.8, 4) is 5.75 Å². The topological polar surface area (TPSA) is 55.5 Å². The normalized spacial score (nSPS) is 16.4. The molecule has 1 rings (SSSR count). The number of ether oxygens (including phenoxy) is 1. The third-order valence-corrected chi connectivity index (χ3v) is 3.25. The SMILES string of the molecule is CC(C)C(C)(O)COc1ccc([C@@H](C)N)cc1F. The maximum Gasteiger partial charge on any atom is 0.165 e. The standard InChI is InChI=1S/C14H22FNO2/c1-9(2)14(4,17)8-18-13-6-5-11(10(3)16)7-12(13)15/h5-7,9-10,17H,8,16H2,1-4H3/t10-,14?/m1/s1. The van der Waals surface area contributed by atoms with Crippen molar-refractivity contribution in [2.24, 2.45) is 11.7 Å². The van der Waals surface area contributed by atoms with E-state index < -0.39 is 11.4 Å². The molecule has 0 radical (unpaired) electrons. The van der Waals surface area contributed by atoms with Gasteiger partial charge in [0, 0.05) is 6.04 Å². The molecule has 0 aliphatic carbocycles. The van der Waals surface area contributed by atoms with Gasteiger partial charge < -0.3 is 15.6 Å². The summed E-state index contributed by atoms with van der Waals surface area (Å²) in [5.41, 5.74) is 5.41. The summed E-state index contributed by atoms with van der Waals surface area (Å²) in [5.74, 6) is -0.284. The van der Waals surface area contributed by atoms with Crippen LogP contribution in [0, 0.1) is 11.7 Å². The molecule has 0 saturated carbocycles. The van der Waals surface area contributed by atoms with Gasteiger partial charge in [0.2, 0.25) is 0 Å². The zero-order chi connectivity index (χ0) is 13.9. The van der Waals surface area contributed by atoms with E-state index in [0.29, 0.717) is 0 Å². The summed E-state index contributed by atoms with van der Waals surface area (Å²) in [6.07, 6.45) is 0. The maximum absolute atomic E-state index is 13.7. The molecule has 102 valence electrons. The number of benzene rings is 1. The number of halogens is 1. The molecule has 3 N–H and O–H groups in total. The number of hydrogen-bond donors (Lipinski definition) is 2. The van der Waals surface area contributed by atoms with Crippen molar-refractivity contribution >= 4 is 0 Å². The van der Waals surface area contributed by atoms with Gasteiger partial charge in [-0.15, -0.1) is 0 Å². The van der Waals surface area contributed by atoms with Crippen molar-refractivity contribution in [3.05, 3.63) is 29.6 Å². The lowest BCUT2D eigenvalue weighted by molar-refractivity contribution is -0.0275. The molecule has 0 aliphatic rings. The van der Waals surface area contributed by atoms with Crippen LogP contribution in [0.2, 0.25) is 0 Å². The van der Waals surface area contributed by atoms with Gasteiger partial charge in [0.05, 0.1) is 5.60 Å². The zero-order valence-corrected chi connectivity index (χ0v) is 11.4. The van der Waals surface area contributed by atoms with E-state index in [2.05, 4.69) is 0 Å². The second-order valence-corrected chi connectivity index (χ2v) is 5.28. The van der Waals surface area contributed by atoms with Crippen LogP contribution in [0.25, 0.3) is 0 Å². The zero-order valence-electron chi connectivity index (χ0n) is 11.4. The number of hydrogen-bond acceptors (Lipinski definition) is 3. The molecular formula is C14H22FNO2. The number of rotatable bonds is 5. The summed E-state index contributed by atoms with van der Waals surface area (Å²) in [7, 11) is 0. The fourth-order valence-corrected chi connectivity index (χ4v) is 1.31. The van der Waals surface area contributed by atoms with Crippen LogP contribution < -0.4 is 10.5 Å². The van der Waals surface area contributed by atoms with Crippen LogP contribution in [0.15, 0.2) is 18.2 Å². The van der Waals surface area contributed by atoms with E-state index in [1.807, 2.05) is 13.8 Å². The van der Waals surface area contributed by atoms with Crippen molar-refractivity contribution in [3.63, 3.8) is 0 Å². The highest BCUT2D eigenvalue weighted by molar-refractivity contribution is 5.30. The fourth-order valence-electron chi connectivity index (χ4n) is 1.31. The van der Waals surface area contributed by atoms with E-state index in [0.717, 1.165) is 5.56 Å². The maximum atomic E-state index is 13.7. The minimum atomic E-state index is -0.980. The average Bonchev–Trinajstić information content (AvgIpc) is 2.26. The molecule has 0 saturated heterocycles. The van der Waals surface area contributed by atoms with Crippen molar-refractivity contribution in [1.82, 2.24) is 0 Å². The van der Waals surface area contributed by atoms with Gasteiger partial charge in [-0.1, -0.05) is 19.9 Å². The Balaban J connectivity index is 2.75. The highest BCUT2D eigenvalue weighted by Crippen LogP contribution is 2.23. The van der Waals surface area contributed by atoms with Crippen LogP contribution in [0.4, 0.5) is 4.39 Å². The Kier molecular flexibility index (Phi) is 4.71. The van der Waals surface area contributed by atoms with Crippen LogP contribution in [-0.2, 0) is 0 Å². The quantitative estimate of drug-likeness (QED) is 0.850. The summed E-state index contributed by atoms with van der Waals surface area (Å²) < 4.78 is 19.1. The molecule has 0 aromatic heterocycles. The fraction of sp³-hybridized carbons (Fsp3) is 0.571. The number of nitrogens with two attached hydrogens (primary N) is 1. The first kappa shape index (κ1) is 14.9. The van der Waals surface area contributed by atoms with Gasteiger partial charge >= 0.3 is 0 Å². The van der Waals surface area contributed by atoms with Crippen LogP contribution in [0.5, 0.6) is 5.75 Å². The monoisotopic (exact) mass is 255 g/mol. The molecule has 0 aliphatic heterocycles. The van der Waals surface area contributed by atoms with Gasteiger partial charge in [0.25, 0.3) is 0 Å². The Morgan fingerprint density at radius 3 is 2.44 bits per heavy atom. The van der Waals surface area contributed by atoms with Crippen LogP contribution in [0.3, 0.4) is 0 Å². The van der Waals surface area contributed by atoms with E-state index in [4.69, 9.17) is 10.5 Å². The van der Waals surface area contributed by atoms with Gasteiger partial charge in [0.1, 0.15) is 6.61 Å². The van der Waals surface area contributed by atoms with Crippen LogP contribution >= 0.6 is 0 Å². The molecular weight excluding hydrogens is 233 g/mol. The van der Waals surface area contributed by atoms with Gasteiger partial charge in [-0.05, 0) is 37.5 Å². The summed E-state index contributed by atoms with van der Waals surface area (Å²) in [5, 5.41) is 10.0. The molecule has 0 amide bonds. The van der Waals surface area contributed by atoms with Crippen molar-refractivity contribution in [2.75, 3.05) is 6.61 Å². The minimum absolute atomic E-state index is 0.0314. The molecule has 2 atom stereocenters. The summed E-state index contributed by atoms with van der Waals surface area (Å²) >= 11 is 0. The predicted octanol–water partition coefficient (Wildman–Crippen LogP) is 2.63. The highest BCUT2D eigenvalue weighted by atomic mass is 19.1. The summed E-state index contributed by atoms with van der Waals surface area (Å²) in [4.78, 5) is 0. The predicted molar refractivity (Wildman–Crippen MR) is 70.0 cm³/mol. The van der Waals surface area contributed by atoms with Gasteiger partial charge in [-0.2, -0.15) is 0 Å². The lowest BCUT2D eigenvalue weighted by atomic mass is 9.94. The third kappa shape index (κ3) is 3.68. The largest absolute Gasteiger partial charge is 0.488 e. The lowest BCUT2D eigenvalue weighted by Crippen LogP contribution is -2.37. The van der Waals surface area contributed by atoms with E-state index >= 15 is 0 Å². The van der Waals surface area contributed by atoms with E-state index in [9.17, 15) is 9.50 Å². The van der Waals surface area contributed by atoms with Gasteiger partial charge in [-0.3, -0.25) is 0 Å². The molecule has 1 unspecified atom stereocenters. The first-order valence-corrected chi connectivity index (χ1v) is 6.14. The molecule has 1 aromatic rings. The molecule has 1 aromatic carbocycles. The smallest absolute Gasteiger partial charge is 0.165 e. The van der Waals surface area contributed by atoms with E-state index in [1.165, 1.54) is 6.07 Å². The van der Waals surface area contributed by atoms with Gasteiger partial charge in [0.15, 0.2) is 11.6 Å². The first-order valence-electron chi connectivity index (χ1n) is 6.14. The third-order valence-electron chi connectivity index (χ3n) is 3.25.